The smallest absolute Gasteiger partial charge is 0.416 e. The third kappa shape index (κ3) is 2.84. The normalized spacial score (nSPS) is 13.3. The van der Waals surface area contributed by atoms with Gasteiger partial charge in [-0.25, -0.2) is 4.98 Å². The lowest BCUT2D eigenvalue weighted by atomic mass is 10.00. The number of aliphatic carboxylic acids is 1. The topological polar surface area (TPSA) is 71.7 Å². The molecular formula is C17H13F3N2O3. The van der Waals surface area contributed by atoms with Gasteiger partial charge in [-0.3, -0.25) is 14.0 Å². The number of carboxylic acid groups (broad SMARTS) is 1. The third-order valence-electron chi connectivity index (χ3n) is 4.12. The number of alkyl halides is 3. The van der Waals surface area contributed by atoms with Crippen molar-refractivity contribution in [3.05, 3.63) is 57.5 Å². The van der Waals surface area contributed by atoms with Crippen LogP contribution < -0.4 is 5.56 Å². The van der Waals surface area contributed by atoms with Crippen LogP contribution in [-0.4, -0.2) is 20.5 Å². The van der Waals surface area contributed by atoms with Crippen LogP contribution >= 0.6 is 0 Å². The Bertz CT molecular complexity index is 1070. The Morgan fingerprint density at radius 1 is 1.24 bits per heavy atom. The minimum absolute atomic E-state index is 0.0981. The minimum Gasteiger partial charge on any atom is -0.481 e. The molecule has 25 heavy (non-hydrogen) atoms. The molecule has 0 aliphatic heterocycles. The molecule has 2 heterocycles. The van der Waals surface area contributed by atoms with Gasteiger partial charge in [-0.1, -0.05) is 6.07 Å². The van der Waals surface area contributed by atoms with Gasteiger partial charge in [0.05, 0.1) is 22.4 Å². The summed E-state index contributed by atoms with van der Waals surface area (Å²) in [6.45, 7) is 2.87. The van der Waals surface area contributed by atoms with Crippen molar-refractivity contribution in [3.63, 3.8) is 0 Å². The molecule has 0 aliphatic carbocycles. The van der Waals surface area contributed by atoms with Crippen molar-refractivity contribution in [2.75, 3.05) is 0 Å². The molecular weight excluding hydrogens is 337 g/mol. The number of nitrogens with zero attached hydrogens (tertiary/aromatic N) is 2. The Morgan fingerprint density at radius 2 is 1.92 bits per heavy atom. The summed E-state index contributed by atoms with van der Waals surface area (Å²) in [6.07, 6.45) is -4.54. The Hall–Kier alpha value is -2.90. The lowest BCUT2D eigenvalue weighted by Gasteiger charge is -2.13. The van der Waals surface area contributed by atoms with Crippen LogP contribution in [0.1, 0.15) is 29.7 Å². The first-order valence-electron chi connectivity index (χ1n) is 7.36. The van der Waals surface area contributed by atoms with Crippen molar-refractivity contribution in [1.29, 1.82) is 0 Å². The molecule has 0 saturated heterocycles. The van der Waals surface area contributed by atoms with Crippen molar-refractivity contribution in [3.8, 4) is 0 Å². The predicted octanol–water partition coefficient (Wildman–Crippen LogP) is 3.36. The van der Waals surface area contributed by atoms with E-state index in [0.29, 0.717) is 5.56 Å². The fourth-order valence-electron chi connectivity index (χ4n) is 2.70. The van der Waals surface area contributed by atoms with E-state index in [2.05, 4.69) is 4.98 Å². The SMILES string of the molecule is Cc1cc(C(F)(F)F)cc2nc3ccc(C(C)C(=O)O)cc3c(=O)n12. The number of aryl methyl sites for hydroxylation is 1. The Morgan fingerprint density at radius 3 is 2.52 bits per heavy atom. The van der Waals surface area contributed by atoms with Gasteiger partial charge in [0.15, 0.2) is 0 Å². The molecule has 0 bridgehead atoms. The molecule has 3 aromatic rings. The molecule has 2 aromatic heterocycles. The Balaban J connectivity index is 2.34. The highest BCUT2D eigenvalue weighted by Crippen LogP contribution is 2.30. The quantitative estimate of drug-likeness (QED) is 0.720. The highest BCUT2D eigenvalue weighted by atomic mass is 19.4. The molecule has 8 heteroatoms. The number of carboxylic acids is 1. The standard InChI is InChI=1S/C17H13F3N2O3/c1-8-5-11(17(18,19)20)7-14-21-13-4-3-10(9(2)16(24)25)6-12(13)15(23)22(8)14/h3-7,9H,1-2H3,(H,24,25). The van der Waals surface area contributed by atoms with Crippen molar-refractivity contribution >= 4 is 22.5 Å². The van der Waals surface area contributed by atoms with E-state index in [1.807, 2.05) is 0 Å². The number of rotatable bonds is 2. The van der Waals surface area contributed by atoms with Gasteiger partial charge in [-0.05, 0) is 43.7 Å². The van der Waals surface area contributed by atoms with Crippen molar-refractivity contribution in [1.82, 2.24) is 9.38 Å². The van der Waals surface area contributed by atoms with E-state index in [1.54, 1.807) is 0 Å². The molecule has 1 aromatic carbocycles. The largest absolute Gasteiger partial charge is 0.481 e. The van der Waals surface area contributed by atoms with E-state index < -0.39 is 29.2 Å². The number of halogens is 3. The average Bonchev–Trinajstić information content (AvgIpc) is 2.52. The maximum atomic E-state index is 13.0. The number of aromatic nitrogens is 2. The van der Waals surface area contributed by atoms with Crippen LogP contribution in [-0.2, 0) is 11.0 Å². The number of hydrogen-bond acceptors (Lipinski definition) is 3. The molecule has 1 N–H and O–H groups in total. The summed E-state index contributed by atoms with van der Waals surface area (Å²) < 4.78 is 40.0. The first-order chi connectivity index (χ1) is 11.6. The zero-order valence-corrected chi connectivity index (χ0v) is 13.3. The van der Waals surface area contributed by atoms with Gasteiger partial charge >= 0.3 is 12.1 Å². The van der Waals surface area contributed by atoms with Crippen LogP contribution in [0, 0.1) is 6.92 Å². The number of carbonyl (C=O) groups is 1. The van der Waals surface area contributed by atoms with Crippen molar-refractivity contribution in [2.45, 2.75) is 25.9 Å². The van der Waals surface area contributed by atoms with Crippen LogP contribution in [0.2, 0.25) is 0 Å². The van der Waals surface area contributed by atoms with E-state index >= 15 is 0 Å². The summed E-state index contributed by atoms with van der Waals surface area (Å²) in [6, 6.07) is 6.08. The molecule has 0 amide bonds. The van der Waals surface area contributed by atoms with Gasteiger partial charge in [-0.2, -0.15) is 13.2 Å². The molecule has 0 radical (unpaired) electrons. The van der Waals surface area contributed by atoms with Gasteiger partial charge in [0, 0.05) is 5.69 Å². The van der Waals surface area contributed by atoms with E-state index in [9.17, 15) is 22.8 Å². The van der Waals surface area contributed by atoms with Gasteiger partial charge in [0.25, 0.3) is 5.56 Å². The summed E-state index contributed by atoms with van der Waals surface area (Å²) in [5.41, 5.74) is -0.795. The molecule has 1 unspecified atom stereocenters. The van der Waals surface area contributed by atoms with E-state index in [4.69, 9.17) is 5.11 Å². The number of benzene rings is 1. The average molecular weight is 350 g/mol. The van der Waals surface area contributed by atoms with Gasteiger partial charge in [-0.15, -0.1) is 0 Å². The molecule has 5 nitrogen and oxygen atoms in total. The van der Waals surface area contributed by atoms with Crippen LogP contribution in [0.15, 0.2) is 35.1 Å². The fraction of sp³-hybridized carbons (Fsp3) is 0.235. The Labute approximate surface area is 139 Å². The maximum Gasteiger partial charge on any atom is 0.416 e. The zero-order valence-electron chi connectivity index (χ0n) is 13.3. The second-order valence-electron chi connectivity index (χ2n) is 5.83. The predicted molar refractivity (Wildman–Crippen MR) is 84.8 cm³/mol. The second kappa shape index (κ2) is 5.58. The van der Waals surface area contributed by atoms with Gasteiger partial charge < -0.3 is 5.11 Å². The highest BCUT2D eigenvalue weighted by Gasteiger charge is 2.31. The van der Waals surface area contributed by atoms with Crippen molar-refractivity contribution in [2.24, 2.45) is 0 Å². The molecule has 0 spiro atoms. The van der Waals surface area contributed by atoms with Gasteiger partial charge in [0.2, 0.25) is 0 Å². The molecule has 0 aliphatic rings. The Kier molecular flexibility index (Phi) is 3.78. The first-order valence-corrected chi connectivity index (χ1v) is 7.36. The maximum absolute atomic E-state index is 13.0. The highest BCUT2D eigenvalue weighted by molar-refractivity contribution is 5.83. The summed E-state index contributed by atoms with van der Waals surface area (Å²) >= 11 is 0. The summed E-state index contributed by atoms with van der Waals surface area (Å²) in [5, 5.41) is 9.25. The molecule has 0 fully saturated rings. The van der Waals surface area contributed by atoms with E-state index in [1.165, 1.54) is 32.0 Å². The molecule has 130 valence electrons. The lowest BCUT2D eigenvalue weighted by molar-refractivity contribution is -0.138. The number of hydrogen-bond donors (Lipinski definition) is 1. The minimum atomic E-state index is -4.54. The lowest BCUT2D eigenvalue weighted by Crippen LogP contribution is -2.20. The van der Waals surface area contributed by atoms with Gasteiger partial charge in [0.1, 0.15) is 5.65 Å². The summed E-state index contributed by atoms with van der Waals surface area (Å²) in [4.78, 5) is 28.0. The fourth-order valence-corrected chi connectivity index (χ4v) is 2.70. The van der Waals surface area contributed by atoms with Crippen molar-refractivity contribution < 1.29 is 23.1 Å². The summed E-state index contributed by atoms with van der Waals surface area (Å²) in [5.74, 6) is -1.86. The molecule has 3 rings (SSSR count). The second-order valence-corrected chi connectivity index (χ2v) is 5.83. The van der Waals surface area contributed by atoms with E-state index in [-0.39, 0.29) is 22.2 Å². The van der Waals surface area contributed by atoms with Crippen LogP contribution in [0.4, 0.5) is 13.2 Å². The monoisotopic (exact) mass is 350 g/mol. The number of pyridine rings is 1. The van der Waals surface area contributed by atoms with E-state index in [0.717, 1.165) is 16.5 Å². The molecule has 1 atom stereocenters. The third-order valence-corrected chi connectivity index (χ3v) is 4.12. The summed E-state index contributed by atoms with van der Waals surface area (Å²) in [7, 11) is 0. The number of fused-ring (bicyclic) bond motifs is 2. The zero-order chi connectivity index (χ0) is 18.5. The van der Waals surface area contributed by atoms with Crippen LogP contribution in [0.3, 0.4) is 0 Å². The first kappa shape index (κ1) is 16.9. The van der Waals surface area contributed by atoms with Crippen LogP contribution in [0.5, 0.6) is 0 Å². The molecule has 0 saturated carbocycles. The van der Waals surface area contributed by atoms with Crippen LogP contribution in [0.25, 0.3) is 16.6 Å².